The normalized spacial score (nSPS) is 12.2. The quantitative estimate of drug-likeness (QED) is 0.646. The Bertz CT molecular complexity index is 396. The van der Waals surface area contributed by atoms with Crippen molar-refractivity contribution in [1.29, 1.82) is 0 Å². The van der Waals surface area contributed by atoms with Gasteiger partial charge in [0.1, 0.15) is 0 Å². The Kier molecular flexibility index (Phi) is 4.76. The fraction of sp³-hybridized carbons (Fsp3) is 0.273. The fourth-order valence-electron chi connectivity index (χ4n) is 1.05. The number of benzene rings is 1. The summed E-state index contributed by atoms with van der Waals surface area (Å²) < 4.78 is 0. The van der Waals surface area contributed by atoms with Crippen molar-refractivity contribution in [3.8, 4) is 12.3 Å². The molecule has 0 saturated heterocycles. The van der Waals surface area contributed by atoms with Crippen LogP contribution in [-0.2, 0) is 6.54 Å². The summed E-state index contributed by atoms with van der Waals surface area (Å²) >= 11 is 17.9. The van der Waals surface area contributed by atoms with Crippen LogP contribution in [0.1, 0.15) is 12.5 Å². The van der Waals surface area contributed by atoms with Crippen molar-refractivity contribution in [2.45, 2.75) is 19.5 Å². The van der Waals surface area contributed by atoms with Gasteiger partial charge in [-0.2, -0.15) is 0 Å². The van der Waals surface area contributed by atoms with Crippen molar-refractivity contribution >= 4 is 34.8 Å². The largest absolute Gasteiger partial charge is 0.300 e. The molecule has 1 nitrogen and oxygen atoms in total. The lowest BCUT2D eigenvalue weighted by Crippen LogP contribution is -2.23. The molecular weight excluding hydrogens is 252 g/mol. The van der Waals surface area contributed by atoms with Crippen LogP contribution in [0.25, 0.3) is 0 Å². The molecule has 0 aliphatic carbocycles. The van der Waals surface area contributed by atoms with E-state index in [2.05, 4.69) is 11.2 Å². The van der Waals surface area contributed by atoms with E-state index in [9.17, 15) is 0 Å². The molecule has 0 radical (unpaired) electrons. The van der Waals surface area contributed by atoms with E-state index >= 15 is 0 Å². The lowest BCUT2D eigenvalue weighted by molar-refractivity contribution is 0.648. The Morgan fingerprint density at radius 2 is 1.93 bits per heavy atom. The molecule has 0 fully saturated rings. The molecule has 1 rings (SSSR count). The second-order valence-electron chi connectivity index (χ2n) is 3.09. The predicted octanol–water partition coefficient (Wildman–Crippen LogP) is 3.76. The molecule has 15 heavy (non-hydrogen) atoms. The third-order valence-electron chi connectivity index (χ3n) is 1.97. The lowest BCUT2D eigenvalue weighted by Gasteiger charge is -2.11. The van der Waals surface area contributed by atoms with Crippen molar-refractivity contribution in [1.82, 2.24) is 5.32 Å². The maximum atomic E-state index is 6.02. The van der Waals surface area contributed by atoms with E-state index in [0.717, 1.165) is 5.56 Å². The van der Waals surface area contributed by atoms with E-state index in [0.29, 0.717) is 21.6 Å². The monoisotopic (exact) mass is 261 g/mol. The minimum atomic E-state index is -0.0314. The summed E-state index contributed by atoms with van der Waals surface area (Å²) in [6.45, 7) is 2.38. The van der Waals surface area contributed by atoms with Crippen LogP contribution in [-0.4, -0.2) is 6.04 Å². The molecule has 1 N–H and O–H groups in total. The highest BCUT2D eigenvalue weighted by Crippen LogP contribution is 2.31. The molecule has 0 heterocycles. The second kappa shape index (κ2) is 5.63. The first kappa shape index (κ1) is 12.7. The van der Waals surface area contributed by atoms with Crippen LogP contribution < -0.4 is 5.32 Å². The molecule has 0 aromatic heterocycles. The molecule has 0 amide bonds. The topological polar surface area (TPSA) is 12.0 Å². The van der Waals surface area contributed by atoms with Crippen molar-refractivity contribution < 1.29 is 0 Å². The van der Waals surface area contributed by atoms with Crippen LogP contribution in [0.3, 0.4) is 0 Å². The fourth-order valence-corrected chi connectivity index (χ4v) is 1.73. The van der Waals surface area contributed by atoms with Gasteiger partial charge in [0.25, 0.3) is 0 Å². The molecule has 0 aliphatic heterocycles. The molecule has 80 valence electrons. The van der Waals surface area contributed by atoms with E-state index < -0.39 is 0 Å². The number of nitrogens with one attached hydrogen (secondary N) is 1. The highest BCUT2D eigenvalue weighted by atomic mass is 35.5. The number of halogens is 3. The van der Waals surface area contributed by atoms with Crippen molar-refractivity contribution in [3.05, 3.63) is 32.8 Å². The van der Waals surface area contributed by atoms with E-state index in [1.165, 1.54) is 0 Å². The Balaban J connectivity index is 2.86. The highest BCUT2D eigenvalue weighted by molar-refractivity contribution is 6.44. The van der Waals surface area contributed by atoms with Crippen LogP contribution in [0.4, 0.5) is 0 Å². The van der Waals surface area contributed by atoms with Gasteiger partial charge in [-0.1, -0.05) is 40.7 Å². The molecule has 0 spiro atoms. The number of rotatable bonds is 3. The summed E-state index contributed by atoms with van der Waals surface area (Å²) in [5.74, 6) is 2.56. The highest BCUT2D eigenvalue weighted by Gasteiger charge is 2.09. The summed E-state index contributed by atoms with van der Waals surface area (Å²) in [5.41, 5.74) is 0.771. The van der Waals surface area contributed by atoms with Gasteiger partial charge in [0.05, 0.1) is 16.1 Å². The molecule has 0 aliphatic rings. The van der Waals surface area contributed by atoms with Crippen LogP contribution in [0.2, 0.25) is 15.1 Å². The zero-order chi connectivity index (χ0) is 11.4. The van der Waals surface area contributed by atoms with Crippen molar-refractivity contribution in [2.75, 3.05) is 0 Å². The first-order chi connectivity index (χ1) is 7.06. The zero-order valence-electron chi connectivity index (χ0n) is 8.15. The SMILES string of the molecule is C#CC(C)NCc1c(Cl)ccc(Cl)c1Cl. The number of hydrogen-bond donors (Lipinski definition) is 1. The predicted molar refractivity (Wildman–Crippen MR) is 66.6 cm³/mol. The maximum absolute atomic E-state index is 6.02. The Labute approximate surface area is 105 Å². The summed E-state index contributed by atoms with van der Waals surface area (Å²) in [4.78, 5) is 0. The van der Waals surface area contributed by atoms with Gasteiger partial charge in [-0.3, -0.25) is 5.32 Å². The number of terminal acetylenes is 1. The molecule has 4 heteroatoms. The van der Waals surface area contributed by atoms with Crippen molar-refractivity contribution in [3.63, 3.8) is 0 Å². The zero-order valence-corrected chi connectivity index (χ0v) is 10.4. The van der Waals surface area contributed by atoms with Gasteiger partial charge in [-0.15, -0.1) is 6.42 Å². The van der Waals surface area contributed by atoms with Crippen LogP contribution in [0, 0.1) is 12.3 Å². The summed E-state index contributed by atoms with van der Waals surface area (Å²) in [5, 5.41) is 4.64. The van der Waals surface area contributed by atoms with Crippen molar-refractivity contribution in [2.24, 2.45) is 0 Å². The Morgan fingerprint density at radius 1 is 1.33 bits per heavy atom. The molecule has 0 bridgehead atoms. The van der Waals surface area contributed by atoms with E-state index in [1.807, 2.05) is 6.92 Å². The standard InChI is InChI=1S/C11H10Cl3N/c1-3-7(2)15-6-8-9(12)4-5-10(13)11(8)14/h1,4-5,7,15H,6H2,2H3. The van der Waals surface area contributed by atoms with E-state index in [1.54, 1.807) is 12.1 Å². The second-order valence-corrected chi connectivity index (χ2v) is 4.28. The van der Waals surface area contributed by atoms with Gasteiger partial charge in [0.15, 0.2) is 0 Å². The average molecular weight is 263 g/mol. The van der Waals surface area contributed by atoms with E-state index in [4.69, 9.17) is 41.2 Å². The average Bonchev–Trinajstić information content (AvgIpc) is 2.23. The lowest BCUT2D eigenvalue weighted by atomic mass is 10.2. The summed E-state index contributed by atoms with van der Waals surface area (Å²) in [6, 6.07) is 3.35. The van der Waals surface area contributed by atoms with Crippen LogP contribution in [0.15, 0.2) is 12.1 Å². The van der Waals surface area contributed by atoms with E-state index in [-0.39, 0.29) is 6.04 Å². The first-order valence-corrected chi connectivity index (χ1v) is 5.51. The van der Waals surface area contributed by atoms with Gasteiger partial charge in [0, 0.05) is 17.1 Å². The summed E-state index contributed by atoms with van der Waals surface area (Å²) in [6.07, 6.45) is 5.24. The molecule has 1 aromatic rings. The van der Waals surface area contributed by atoms with Gasteiger partial charge >= 0.3 is 0 Å². The van der Waals surface area contributed by atoms with Gasteiger partial charge in [0.2, 0.25) is 0 Å². The molecule has 0 saturated carbocycles. The van der Waals surface area contributed by atoms with Crippen LogP contribution >= 0.6 is 34.8 Å². The minimum absolute atomic E-state index is 0.0314. The maximum Gasteiger partial charge on any atom is 0.0660 e. The summed E-state index contributed by atoms with van der Waals surface area (Å²) in [7, 11) is 0. The Morgan fingerprint density at radius 3 is 2.53 bits per heavy atom. The molecular formula is C11H10Cl3N. The minimum Gasteiger partial charge on any atom is -0.300 e. The molecule has 1 aromatic carbocycles. The molecule has 1 unspecified atom stereocenters. The molecule has 1 atom stereocenters. The van der Waals surface area contributed by atoms with Crippen LogP contribution in [0.5, 0.6) is 0 Å². The van der Waals surface area contributed by atoms with Gasteiger partial charge in [-0.05, 0) is 19.1 Å². The third-order valence-corrected chi connectivity index (χ3v) is 3.17. The number of hydrogen-bond acceptors (Lipinski definition) is 1. The Hall–Kier alpha value is -0.390. The first-order valence-electron chi connectivity index (χ1n) is 4.38. The van der Waals surface area contributed by atoms with Gasteiger partial charge in [-0.25, -0.2) is 0 Å². The van der Waals surface area contributed by atoms with Gasteiger partial charge < -0.3 is 0 Å². The third kappa shape index (κ3) is 3.29. The smallest absolute Gasteiger partial charge is 0.0660 e.